The molecule has 0 aliphatic rings. The minimum Gasteiger partial charge on any atom is -0.469 e. The van der Waals surface area contributed by atoms with E-state index in [0.29, 0.717) is 24.2 Å². The number of non-ortho nitro benzene ring substituents is 1. The molecular formula is C29H37NO9. The second-order valence-corrected chi connectivity index (χ2v) is 9.90. The summed E-state index contributed by atoms with van der Waals surface area (Å²) in [5.41, 5.74) is 2.05. The maximum Gasteiger partial charge on any atom is 0.514 e. The SMILES string of the molecule is COC(=O)CC(C)CCCCC(C)CC(=O)Oc1c(C)cc(COC(=O)Oc2ccc([N+](=O)[O-])cc2)cc1C. The van der Waals surface area contributed by atoms with Crippen LogP contribution in [-0.4, -0.2) is 30.1 Å². The summed E-state index contributed by atoms with van der Waals surface area (Å²) in [7, 11) is 1.40. The first kappa shape index (κ1) is 31.3. The topological polar surface area (TPSA) is 131 Å². The number of unbranched alkanes of at least 4 members (excludes halogenated alkanes) is 1. The van der Waals surface area contributed by atoms with E-state index in [1.165, 1.54) is 31.4 Å². The number of ether oxygens (including phenoxy) is 4. The van der Waals surface area contributed by atoms with Gasteiger partial charge in [-0.3, -0.25) is 19.7 Å². The van der Waals surface area contributed by atoms with Gasteiger partial charge in [-0.1, -0.05) is 39.5 Å². The van der Waals surface area contributed by atoms with Crippen LogP contribution in [-0.2, 0) is 25.7 Å². The minimum atomic E-state index is -0.943. The van der Waals surface area contributed by atoms with Crippen LogP contribution in [0.2, 0.25) is 0 Å². The van der Waals surface area contributed by atoms with Gasteiger partial charge in [0.25, 0.3) is 5.69 Å². The molecule has 0 aromatic heterocycles. The van der Waals surface area contributed by atoms with E-state index < -0.39 is 11.1 Å². The second-order valence-electron chi connectivity index (χ2n) is 9.90. The molecule has 0 aliphatic carbocycles. The maximum absolute atomic E-state index is 12.6. The van der Waals surface area contributed by atoms with Crippen molar-refractivity contribution in [1.82, 2.24) is 0 Å². The number of benzene rings is 2. The van der Waals surface area contributed by atoms with Crippen LogP contribution in [0, 0.1) is 35.8 Å². The van der Waals surface area contributed by atoms with E-state index in [1.807, 2.05) is 27.7 Å². The van der Waals surface area contributed by atoms with E-state index in [0.717, 1.165) is 36.8 Å². The number of rotatable bonds is 14. The zero-order chi connectivity index (χ0) is 28.9. The fourth-order valence-corrected chi connectivity index (χ4v) is 4.19. The Labute approximate surface area is 228 Å². The van der Waals surface area contributed by atoms with Crippen molar-refractivity contribution in [2.24, 2.45) is 11.8 Å². The molecule has 2 aromatic carbocycles. The van der Waals surface area contributed by atoms with Crippen LogP contribution >= 0.6 is 0 Å². The fraction of sp³-hybridized carbons (Fsp3) is 0.483. The lowest BCUT2D eigenvalue weighted by molar-refractivity contribution is -0.384. The first-order valence-electron chi connectivity index (χ1n) is 12.9. The van der Waals surface area contributed by atoms with Crippen LogP contribution in [0.3, 0.4) is 0 Å². The molecule has 39 heavy (non-hydrogen) atoms. The number of nitro benzene ring substituents is 1. The molecule has 0 radical (unpaired) electrons. The molecule has 0 bridgehead atoms. The third kappa shape index (κ3) is 11.1. The summed E-state index contributed by atoms with van der Waals surface area (Å²) >= 11 is 0. The van der Waals surface area contributed by atoms with E-state index in [1.54, 1.807) is 12.1 Å². The number of hydrogen-bond donors (Lipinski definition) is 0. The molecule has 0 saturated heterocycles. The molecule has 212 valence electrons. The molecule has 0 spiro atoms. The Morgan fingerprint density at radius 2 is 1.41 bits per heavy atom. The van der Waals surface area contributed by atoms with Gasteiger partial charge in [0.05, 0.1) is 12.0 Å². The molecule has 10 heteroatoms. The Hall–Kier alpha value is -3.95. The number of carbonyl (C=O) groups is 3. The van der Waals surface area contributed by atoms with E-state index >= 15 is 0 Å². The van der Waals surface area contributed by atoms with E-state index in [-0.39, 0.29) is 41.8 Å². The minimum absolute atomic E-state index is 0.0585. The van der Waals surface area contributed by atoms with E-state index in [4.69, 9.17) is 18.9 Å². The maximum atomic E-state index is 12.6. The van der Waals surface area contributed by atoms with Crippen LogP contribution in [0.4, 0.5) is 10.5 Å². The number of nitrogens with zero attached hydrogens (tertiary/aromatic N) is 1. The lowest BCUT2D eigenvalue weighted by Crippen LogP contribution is -2.14. The third-order valence-corrected chi connectivity index (χ3v) is 6.24. The van der Waals surface area contributed by atoms with Crippen molar-refractivity contribution in [1.29, 1.82) is 0 Å². The third-order valence-electron chi connectivity index (χ3n) is 6.24. The number of aryl methyl sites for hydroxylation is 2. The molecule has 2 aromatic rings. The molecule has 0 amide bonds. The highest BCUT2D eigenvalue weighted by Crippen LogP contribution is 2.27. The molecule has 0 N–H and O–H groups in total. The van der Waals surface area contributed by atoms with Crippen LogP contribution in [0.1, 0.15) is 69.1 Å². The lowest BCUT2D eigenvalue weighted by atomic mass is 9.96. The molecule has 0 saturated carbocycles. The number of carbonyl (C=O) groups excluding carboxylic acids is 3. The van der Waals surface area contributed by atoms with Gasteiger partial charge in [-0.25, -0.2) is 4.79 Å². The van der Waals surface area contributed by atoms with Gasteiger partial charge in [0.15, 0.2) is 0 Å². The molecular weight excluding hydrogens is 506 g/mol. The highest BCUT2D eigenvalue weighted by molar-refractivity contribution is 5.73. The van der Waals surface area contributed by atoms with Gasteiger partial charge in [0, 0.05) is 25.0 Å². The Balaban J connectivity index is 1.78. The summed E-state index contributed by atoms with van der Waals surface area (Å²) in [6.45, 7) is 7.62. The monoisotopic (exact) mass is 543 g/mol. The van der Waals surface area contributed by atoms with Crippen molar-refractivity contribution in [3.63, 3.8) is 0 Å². The van der Waals surface area contributed by atoms with Crippen molar-refractivity contribution in [3.05, 3.63) is 63.2 Å². The Bertz CT molecular complexity index is 1120. The summed E-state index contributed by atoms with van der Waals surface area (Å²) in [4.78, 5) is 46.1. The van der Waals surface area contributed by atoms with Gasteiger partial charge in [-0.15, -0.1) is 0 Å². The summed E-state index contributed by atoms with van der Waals surface area (Å²) in [5, 5.41) is 10.7. The molecule has 0 heterocycles. The number of hydrogen-bond acceptors (Lipinski definition) is 9. The van der Waals surface area contributed by atoms with Gasteiger partial charge in [-0.05, 0) is 66.6 Å². The highest BCUT2D eigenvalue weighted by atomic mass is 16.7. The van der Waals surface area contributed by atoms with Crippen LogP contribution in [0.5, 0.6) is 11.5 Å². The fourth-order valence-electron chi connectivity index (χ4n) is 4.19. The molecule has 0 aliphatic heterocycles. The highest BCUT2D eigenvalue weighted by Gasteiger charge is 2.16. The van der Waals surface area contributed by atoms with Crippen LogP contribution in [0.15, 0.2) is 36.4 Å². The summed E-state index contributed by atoms with van der Waals surface area (Å²) in [6, 6.07) is 8.62. The average molecular weight is 544 g/mol. The predicted molar refractivity (Wildman–Crippen MR) is 144 cm³/mol. The van der Waals surface area contributed by atoms with Crippen molar-refractivity contribution >= 4 is 23.8 Å². The lowest BCUT2D eigenvalue weighted by Gasteiger charge is -2.15. The van der Waals surface area contributed by atoms with Crippen LogP contribution < -0.4 is 9.47 Å². The predicted octanol–water partition coefficient (Wildman–Crippen LogP) is 6.62. The van der Waals surface area contributed by atoms with Crippen LogP contribution in [0.25, 0.3) is 0 Å². The van der Waals surface area contributed by atoms with E-state index in [2.05, 4.69) is 0 Å². The quantitative estimate of drug-likeness (QED) is 0.0644. The number of esters is 2. The first-order chi connectivity index (χ1) is 18.5. The Kier molecular flexibility index (Phi) is 12.4. The second kappa shape index (κ2) is 15.5. The van der Waals surface area contributed by atoms with Gasteiger partial charge >= 0.3 is 18.1 Å². The van der Waals surface area contributed by atoms with Gasteiger partial charge in [0.2, 0.25) is 0 Å². The average Bonchev–Trinajstić information content (AvgIpc) is 2.87. The zero-order valence-corrected chi connectivity index (χ0v) is 23.2. The molecule has 2 unspecified atom stereocenters. The van der Waals surface area contributed by atoms with Gasteiger partial charge < -0.3 is 18.9 Å². The summed E-state index contributed by atoms with van der Waals surface area (Å²) < 4.78 is 20.6. The van der Waals surface area contributed by atoms with Crippen molar-refractivity contribution < 1.29 is 38.3 Å². The standard InChI is InChI=1S/C29H37NO9/c1-19(14-26(31)36-5)8-6-7-9-20(2)15-27(32)39-28-21(3)16-23(17-22(28)4)18-37-29(33)38-25-12-10-24(11-13-25)30(34)35/h10-13,16-17,19-20H,6-9,14-15,18H2,1-5H3. The van der Waals surface area contributed by atoms with Gasteiger partial charge in [-0.2, -0.15) is 0 Å². The Morgan fingerprint density at radius 1 is 0.872 bits per heavy atom. The van der Waals surface area contributed by atoms with Crippen molar-refractivity contribution in [2.45, 2.75) is 72.8 Å². The molecule has 10 nitrogen and oxygen atoms in total. The number of methoxy groups -OCH3 is 1. The smallest absolute Gasteiger partial charge is 0.469 e. The normalized spacial score (nSPS) is 12.2. The van der Waals surface area contributed by atoms with Crippen molar-refractivity contribution in [3.8, 4) is 11.5 Å². The first-order valence-corrected chi connectivity index (χ1v) is 12.9. The largest absolute Gasteiger partial charge is 0.514 e. The van der Waals surface area contributed by atoms with E-state index in [9.17, 15) is 24.5 Å². The van der Waals surface area contributed by atoms with Crippen molar-refractivity contribution in [2.75, 3.05) is 7.11 Å². The summed E-state index contributed by atoms with van der Waals surface area (Å²) in [6.07, 6.45) is 3.57. The summed E-state index contributed by atoms with van der Waals surface area (Å²) in [5.74, 6) is 0.570. The molecule has 2 atom stereocenters. The Morgan fingerprint density at radius 3 is 1.92 bits per heavy atom. The number of nitro groups is 1. The zero-order valence-electron chi connectivity index (χ0n) is 23.2. The molecule has 0 fully saturated rings. The van der Waals surface area contributed by atoms with Gasteiger partial charge in [0.1, 0.15) is 18.1 Å². The molecule has 2 rings (SSSR count).